The molecule has 0 bridgehead atoms. The summed E-state index contributed by atoms with van der Waals surface area (Å²) < 4.78 is 8.56. The number of fused-ring (bicyclic) bond motifs is 1. The number of aromatic nitrogens is 3. The third-order valence-corrected chi connectivity index (χ3v) is 5.79. The first-order valence-corrected chi connectivity index (χ1v) is 9.16. The number of nitrogens with one attached hydrogen (secondary N) is 1. The monoisotopic (exact) mass is 336 g/mol. The molecule has 2 fully saturated rings. The van der Waals surface area contributed by atoms with Crippen LogP contribution in [0.25, 0.3) is 10.7 Å². The van der Waals surface area contributed by atoms with Gasteiger partial charge in [0.05, 0.1) is 24.3 Å². The van der Waals surface area contributed by atoms with Crippen LogP contribution >= 0.6 is 23.6 Å². The van der Waals surface area contributed by atoms with E-state index in [4.69, 9.17) is 17.0 Å². The van der Waals surface area contributed by atoms with E-state index >= 15 is 0 Å². The van der Waals surface area contributed by atoms with Crippen LogP contribution < -0.4 is 0 Å². The highest BCUT2D eigenvalue weighted by atomic mass is 32.1. The van der Waals surface area contributed by atoms with Crippen LogP contribution in [-0.2, 0) is 11.4 Å². The number of nitrogens with zero attached hydrogens (tertiary/aromatic N) is 3. The van der Waals surface area contributed by atoms with Crippen molar-refractivity contribution in [2.45, 2.75) is 44.5 Å². The van der Waals surface area contributed by atoms with Gasteiger partial charge in [-0.25, -0.2) is 4.68 Å². The van der Waals surface area contributed by atoms with Crippen molar-refractivity contribution in [3.63, 3.8) is 0 Å². The summed E-state index contributed by atoms with van der Waals surface area (Å²) in [5, 5.41) is 5.41. The second-order valence-electron chi connectivity index (χ2n) is 5.97. The van der Waals surface area contributed by atoms with Crippen molar-refractivity contribution in [3.8, 4) is 10.7 Å². The van der Waals surface area contributed by atoms with Crippen LogP contribution in [0.4, 0.5) is 0 Å². The van der Waals surface area contributed by atoms with Crippen molar-refractivity contribution in [2.75, 3.05) is 13.2 Å². The van der Waals surface area contributed by atoms with Crippen molar-refractivity contribution < 1.29 is 4.74 Å². The van der Waals surface area contributed by atoms with Gasteiger partial charge in [-0.3, -0.25) is 10.00 Å². The topological polar surface area (TPSA) is 46.1 Å². The molecule has 5 nitrogen and oxygen atoms in total. The van der Waals surface area contributed by atoms with Gasteiger partial charge in [-0.1, -0.05) is 18.9 Å². The van der Waals surface area contributed by atoms with Crippen LogP contribution in [-0.4, -0.2) is 45.0 Å². The van der Waals surface area contributed by atoms with Crippen LogP contribution in [0.3, 0.4) is 0 Å². The van der Waals surface area contributed by atoms with Crippen LogP contribution in [0, 0.1) is 4.77 Å². The Bertz CT molecular complexity index is 676. The molecule has 7 heteroatoms. The number of aromatic amines is 1. The van der Waals surface area contributed by atoms with E-state index in [0.717, 1.165) is 30.5 Å². The molecule has 22 heavy (non-hydrogen) atoms. The predicted molar refractivity (Wildman–Crippen MR) is 89.4 cm³/mol. The predicted octanol–water partition coefficient (Wildman–Crippen LogP) is 3.27. The average molecular weight is 336 g/mol. The summed E-state index contributed by atoms with van der Waals surface area (Å²) in [6.07, 6.45) is 5.41. The first kappa shape index (κ1) is 14.6. The van der Waals surface area contributed by atoms with E-state index in [1.165, 1.54) is 25.7 Å². The molecular weight excluding hydrogens is 316 g/mol. The Kier molecular flexibility index (Phi) is 4.13. The molecule has 2 unspecified atom stereocenters. The molecule has 2 aromatic rings. The maximum atomic E-state index is 5.94. The van der Waals surface area contributed by atoms with E-state index in [0.29, 0.717) is 16.9 Å². The smallest absolute Gasteiger partial charge is 0.217 e. The summed E-state index contributed by atoms with van der Waals surface area (Å²) in [6.45, 7) is 2.57. The molecule has 1 N–H and O–H groups in total. The minimum Gasteiger partial charge on any atom is -0.375 e. The molecule has 2 atom stereocenters. The Morgan fingerprint density at radius 2 is 2.32 bits per heavy atom. The molecule has 0 spiro atoms. The number of hydrogen-bond donors (Lipinski definition) is 1. The van der Waals surface area contributed by atoms with Gasteiger partial charge in [-0.05, 0) is 36.5 Å². The van der Waals surface area contributed by atoms with Crippen molar-refractivity contribution >= 4 is 23.6 Å². The molecular formula is C15H20N4OS2. The number of H-pyrrole nitrogens is 1. The first-order chi connectivity index (χ1) is 10.8. The third kappa shape index (κ3) is 2.78. The summed E-state index contributed by atoms with van der Waals surface area (Å²) >= 11 is 7.10. The largest absolute Gasteiger partial charge is 0.375 e. The highest BCUT2D eigenvalue weighted by Crippen LogP contribution is 2.29. The van der Waals surface area contributed by atoms with E-state index in [2.05, 4.69) is 26.4 Å². The number of ether oxygens (including phenoxy) is 1. The number of rotatable bonds is 3. The highest BCUT2D eigenvalue weighted by Gasteiger charge is 2.34. The van der Waals surface area contributed by atoms with E-state index in [9.17, 15) is 0 Å². The summed E-state index contributed by atoms with van der Waals surface area (Å²) in [5.41, 5.74) is 0. The maximum absolute atomic E-state index is 5.94. The Labute approximate surface area is 138 Å². The lowest BCUT2D eigenvalue weighted by Crippen LogP contribution is -2.52. The molecule has 2 aromatic heterocycles. The lowest BCUT2D eigenvalue weighted by atomic mass is 9.90. The minimum absolute atomic E-state index is 0.399. The zero-order valence-corrected chi connectivity index (χ0v) is 14.0. The van der Waals surface area contributed by atoms with Crippen LogP contribution in [0.5, 0.6) is 0 Å². The Morgan fingerprint density at radius 3 is 3.18 bits per heavy atom. The molecule has 4 rings (SSSR count). The molecule has 118 valence electrons. The zero-order chi connectivity index (χ0) is 14.9. The first-order valence-electron chi connectivity index (χ1n) is 7.87. The Morgan fingerprint density at radius 1 is 1.41 bits per heavy atom. The summed E-state index contributed by atoms with van der Waals surface area (Å²) in [4.78, 5) is 8.12. The molecule has 3 heterocycles. The Hall–Kier alpha value is -1.02. The molecule has 1 saturated heterocycles. The van der Waals surface area contributed by atoms with Gasteiger partial charge in [0, 0.05) is 12.6 Å². The molecule has 2 aliphatic rings. The van der Waals surface area contributed by atoms with Gasteiger partial charge in [0.1, 0.15) is 0 Å². The van der Waals surface area contributed by atoms with Crippen LogP contribution in [0.1, 0.15) is 25.7 Å². The van der Waals surface area contributed by atoms with Crippen molar-refractivity contribution in [1.82, 2.24) is 19.7 Å². The molecule has 1 saturated carbocycles. The second-order valence-corrected chi connectivity index (χ2v) is 7.29. The fourth-order valence-corrected chi connectivity index (χ4v) is 4.37. The minimum atomic E-state index is 0.399. The normalized spacial score (nSPS) is 26.0. The standard InChI is InChI=1S/C15H20N4OS2/c21-15-16-14(13-6-3-9-22-13)17-19(15)10-18-7-8-20-12-5-2-1-4-11(12)18/h3,6,9,11-12H,1-2,4-5,7-8,10H2,(H,16,17,21). The highest BCUT2D eigenvalue weighted by molar-refractivity contribution is 7.71. The van der Waals surface area contributed by atoms with Gasteiger partial charge in [0.15, 0.2) is 5.82 Å². The van der Waals surface area contributed by atoms with Gasteiger partial charge >= 0.3 is 0 Å². The van der Waals surface area contributed by atoms with Gasteiger partial charge in [0.25, 0.3) is 0 Å². The number of morpholine rings is 1. The van der Waals surface area contributed by atoms with Crippen LogP contribution in [0.15, 0.2) is 17.5 Å². The van der Waals surface area contributed by atoms with Crippen LogP contribution in [0.2, 0.25) is 0 Å². The van der Waals surface area contributed by atoms with E-state index in [1.807, 2.05) is 10.7 Å². The van der Waals surface area contributed by atoms with Crippen molar-refractivity contribution in [3.05, 3.63) is 22.3 Å². The fourth-order valence-electron chi connectivity index (χ4n) is 3.51. The zero-order valence-electron chi connectivity index (χ0n) is 12.4. The number of hydrogen-bond acceptors (Lipinski definition) is 5. The quantitative estimate of drug-likeness (QED) is 0.874. The average Bonchev–Trinajstić information content (AvgIpc) is 3.18. The number of thiophene rings is 1. The Balaban J connectivity index is 1.54. The third-order valence-electron chi connectivity index (χ3n) is 4.60. The summed E-state index contributed by atoms with van der Waals surface area (Å²) in [6, 6.07) is 4.62. The van der Waals surface area contributed by atoms with Gasteiger partial charge in [0.2, 0.25) is 4.77 Å². The van der Waals surface area contributed by atoms with Gasteiger partial charge < -0.3 is 4.74 Å². The SMILES string of the molecule is S=c1nc(-c2cccs2)[nH]n1CN1CCOC2CCCCC21. The van der Waals surface area contributed by atoms with E-state index in [1.54, 1.807) is 11.3 Å². The fraction of sp³-hybridized carbons (Fsp3) is 0.600. The summed E-state index contributed by atoms with van der Waals surface area (Å²) in [7, 11) is 0. The maximum Gasteiger partial charge on any atom is 0.217 e. The van der Waals surface area contributed by atoms with E-state index in [-0.39, 0.29) is 0 Å². The van der Waals surface area contributed by atoms with Crippen molar-refractivity contribution in [1.29, 1.82) is 0 Å². The molecule has 0 aromatic carbocycles. The summed E-state index contributed by atoms with van der Waals surface area (Å²) in [5.74, 6) is 0.869. The molecule has 0 radical (unpaired) electrons. The second kappa shape index (κ2) is 6.23. The lowest BCUT2D eigenvalue weighted by molar-refractivity contribution is -0.0993. The lowest BCUT2D eigenvalue weighted by Gasteiger charge is -2.43. The molecule has 0 amide bonds. The molecule has 1 aliphatic heterocycles. The molecule has 1 aliphatic carbocycles. The van der Waals surface area contributed by atoms with E-state index < -0.39 is 0 Å². The van der Waals surface area contributed by atoms with Gasteiger partial charge in [-0.2, -0.15) is 4.98 Å². The van der Waals surface area contributed by atoms with Crippen molar-refractivity contribution in [2.24, 2.45) is 0 Å². The van der Waals surface area contributed by atoms with Gasteiger partial charge in [-0.15, -0.1) is 11.3 Å².